The first kappa shape index (κ1) is 15.7. The molecule has 0 fully saturated rings. The monoisotopic (exact) mass is 273 g/mol. The van der Waals surface area contributed by atoms with E-state index in [-0.39, 0.29) is 12.5 Å². The van der Waals surface area contributed by atoms with Crippen molar-refractivity contribution in [3.8, 4) is 11.8 Å². The highest BCUT2D eigenvalue weighted by Crippen LogP contribution is 2.11. The van der Waals surface area contributed by atoms with Crippen LogP contribution in [0.2, 0.25) is 0 Å². The molecule has 1 amide bonds. The van der Waals surface area contributed by atoms with Crippen LogP contribution in [0.25, 0.3) is 0 Å². The summed E-state index contributed by atoms with van der Waals surface area (Å²) in [6.07, 6.45) is 3.74. The summed E-state index contributed by atoms with van der Waals surface area (Å²) >= 11 is 0. The van der Waals surface area contributed by atoms with Crippen LogP contribution in [0.15, 0.2) is 29.4 Å². The third-order valence-corrected chi connectivity index (χ3v) is 2.88. The van der Waals surface area contributed by atoms with E-state index in [9.17, 15) is 4.79 Å². The Kier molecular flexibility index (Phi) is 6.83. The molecule has 20 heavy (non-hydrogen) atoms. The zero-order valence-corrected chi connectivity index (χ0v) is 11.8. The number of hydrogen-bond acceptors (Lipinski definition) is 4. The molecule has 1 aromatic carbocycles. The Labute approximate surface area is 119 Å². The van der Waals surface area contributed by atoms with Crippen LogP contribution in [0.3, 0.4) is 0 Å². The number of carbonyl (C=O) groups excluding carboxylic acids is 1. The number of ether oxygens (including phenoxy) is 1. The first-order valence-corrected chi connectivity index (χ1v) is 6.64. The van der Waals surface area contributed by atoms with Crippen molar-refractivity contribution in [2.45, 2.75) is 26.7 Å². The van der Waals surface area contributed by atoms with E-state index in [1.165, 1.54) is 0 Å². The quantitative estimate of drug-likeness (QED) is 0.612. The number of benzene rings is 1. The van der Waals surface area contributed by atoms with Crippen LogP contribution < -0.4 is 10.2 Å². The van der Waals surface area contributed by atoms with Crippen LogP contribution in [0.5, 0.6) is 5.75 Å². The fraction of sp³-hybridized carbons (Fsp3) is 0.400. The minimum absolute atomic E-state index is 0.105. The fourth-order valence-corrected chi connectivity index (χ4v) is 1.52. The van der Waals surface area contributed by atoms with Crippen molar-refractivity contribution in [2.75, 3.05) is 6.61 Å². The maximum atomic E-state index is 11.5. The molecule has 5 heteroatoms. The van der Waals surface area contributed by atoms with E-state index in [1.807, 2.05) is 6.07 Å². The second-order valence-corrected chi connectivity index (χ2v) is 4.31. The molecule has 0 aliphatic heterocycles. The molecule has 0 aliphatic carbocycles. The number of carbonyl (C=O) groups is 1. The van der Waals surface area contributed by atoms with Gasteiger partial charge in [-0.2, -0.15) is 10.4 Å². The van der Waals surface area contributed by atoms with Gasteiger partial charge in [-0.25, -0.2) is 5.43 Å². The van der Waals surface area contributed by atoms with E-state index in [0.717, 1.165) is 12.8 Å². The predicted molar refractivity (Wildman–Crippen MR) is 77.4 cm³/mol. The largest absolute Gasteiger partial charge is 0.484 e. The number of hydrogen-bond donors (Lipinski definition) is 1. The number of nitrogens with zero attached hydrogens (tertiary/aromatic N) is 2. The van der Waals surface area contributed by atoms with E-state index < -0.39 is 0 Å². The summed E-state index contributed by atoms with van der Waals surface area (Å²) in [5.74, 6) is 0.620. The highest BCUT2D eigenvalue weighted by molar-refractivity contribution is 5.78. The average Bonchev–Trinajstić information content (AvgIpc) is 2.50. The summed E-state index contributed by atoms with van der Waals surface area (Å²) in [6, 6.07) is 8.59. The molecule has 1 rings (SSSR count). The van der Waals surface area contributed by atoms with Gasteiger partial charge in [-0.3, -0.25) is 4.79 Å². The van der Waals surface area contributed by atoms with Crippen molar-refractivity contribution in [1.29, 1.82) is 5.26 Å². The number of nitriles is 1. The van der Waals surface area contributed by atoms with Gasteiger partial charge in [-0.15, -0.1) is 0 Å². The number of amides is 1. The topological polar surface area (TPSA) is 74.5 Å². The second-order valence-electron chi connectivity index (χ2n) is 4.31. The molecule has 0 bridgehead atoms. The summed E-state index contributed by atoms with van der Waals surface area (Å²) in [5.41, 5.74) is 2.98. The average molecular weight is 273 g/mol. The van der Waals surface area contributed by atoms with Crippen molar-refractivity contribution in [3.63, 3.8) is 0 Å². The van der Waals surface area contributed by atoms with E-state index in [0.29, 0.717) is 17.2 Å². The first-order valence-electron chi connectivity index (χ1n) is 6.64. The Morgan fingerprint density at radius 1 is 1.40 bits per heavy atom. The SMILES string of the molecule is CCC(C=NNC(=O)COc1ccc(C#N)cc1)CC. The highest BCUT2D eigenvalue weighted by Gasteiger charge is 2.02. The van der Waals surface area contributed by atoms with E-state index in [4.69, 9.17) is 10.00 Å². The Morgan fingerprint density at radius 2 is 2.05 bits per heavy atom. The molecule has 106 valence electrons. The minimum atomic E-state index is -0.309. The van der Waals surface area contributed by atoms with Crippen molar-refractivity contribution >= 4 is 12.1 Å². The third kappa shape index (κ3) is 5.53. The molecule has 0 saturated carbocycles. The molecule has 0 heterocycles. The van der Waals surface area contributed by atoms with E-state index in [2.05, 4.69) is 24.4 Å². The van der Waals surface area contributed by atoms with Gasteiger partial charge in [-0.05, 0) is 43.0 Å². The van der Waals surface area contributed by atoms with Crippen LogP contribution in [-0.4, -0.2) is 18.7 Å². The van der Waals surface area contributed by atoms with E-state index in [1.54, 1.807) is 30.5 Å². The van der Waals surface area contributed by atoms with E-state index >= 15 is 0 Å². The molecule has 0 unspecified atom stereocenters. The molecule has 5 nitrogen and oxygen atoms in total. The van der Waals surface area contributed by atoms with Gasteiger partial charge in [0.1, 0.15) is 5.75 Å². The lowest BCUT2D eigenvalue weighted by Crippen LogP contribution is -2.25. The van der Waals surface area contributed by atoms with Crippen molar-refractivity contribution in [1.82, 2.24) is 5.43 Å². The van der Waals surface area contributed by atoms with Gasteiger partial charge in [0.05, 0.1) is 11.6 Å². The van der Waals surface area contributed by atoms with Gasteiger partial charge < -0.3 is 4.74 Å². The van der Waals surface area contributed by atoms with Crippen LogP contribution in [0.1, 0.15) is 32.3 Å². The normalized spacial score (nSPS) is 10.5. The van der Waals surface area contributed by atoms with Crippen molar-refractivity contribution in [2.24, 2.45) is 11.0 Å². The third-order valence-electron chi connectivity index (χ3n) is 2.88. The van der Waals surface area contributed by atoms with Crippen LogP contribution in [-0.2, 0) is 4.79 Å². The zero-order valence-electron chi connectivity index (χ0n) is 11.8. The van der Waals surface area contributed by atoms with Gasteiger partial charge in [0, 0.05) is 6.21 Å². The highest BCUT2D eigenvalue weighted by atomic mass is 16.5. The lowest BCUT2D eigenvalue weighted by atomic mass is 10.1. The Balaban J connectivity index is 2.34. The lowest BCUT2D eigenvalue weighted by molar-refractivity contribution is -0.123. The smallest absolute Gasteiger partial charge is 0.277 e. The molecule has 1 aromatic rings. The molecule has 1 N–H and O–H groups in total. The second kappa shape index (κ2) is 8.70. The Bertz CT molecular complexity index is 485. The summed E-state index contributed by atoms with van der Waals surface area (Å²) in [7, 11) is 0. The van der Waals surface area contributed by atoms with Crippen molar-refractivity contribution < 1.29 is 9.53 Å². The molecular formula is C15H19N3O2. The molecule has 0 saturated heterocycles. The Morgan fingerprint density at radius 3 is 2.60 bits per heavy atom. The van der Waals surface area contributed by atoms with Gasteiger partial charge in [0.2, 0.25) is 0 Å². The number of nitrogens with one attached hydrogen (secondary N) is 1. The zero-order chi connectivity index (χ0) is 14.8. The van der Waals surface area contributed by atoms with Crippen LogP contribution in [0.4, 0.5) is 0 Å². The lowest BCUT2D eigenvalue weighted by Gasteiger charge is -2.06. The van der Waals surface area contributed by atoms with Gasteiger partial charge in [0.15, 0.2) is 6.61 Å². The first-order chi connectivity index (χ1) is 9.69. The minimum Gasteiger partial charge on any atom is -0.484 e. The molecular weight excluding hydrogens is 254 g/mol. The predicted octanol–water partition coefficient (Wildman–Crippen LogP) is 2.48. The maximum Gasteiger partial charge on any atom is 0.277 e. The summed E-state index contributed by atoms with van der Waals surface area (Å²) < 4.78 is 5.28. The van der Waals surface area contributed by atoms with Crippen molar-refractivity contribution in [3.05, 3.63) is 29.8 Å². The van der Waals surface area contributed by atoms with Crippen LogP contribution >= 0.6 is 0 Å². The number of hydrazone groups is 1. The molecule has 0 aliphatic rings. The summed E-state index contributed by atoms with van der Waals surface area (Å²) in [5, 5.41) is 12.6. The molecule has 0 radical (unpaired) electrons. The summed E-state index contributed by atoms with van der Waals surface area (Å²) in [4.78, 5) is 11.5. The molecule has 0 spiro atoms. The van der Waals surface area contributed by atoms with Gasteiger partial charge in [0.25, 0.3) is 5.91 Å². The van der Waals surface area contributed by atoms with Gasteiger partial charge in [-0.1, -0.05) is 13.8 Å². The Hall–Kier alpha value is -2.35. The molecule has 0 aromatic heterocycles. The van der Waals surface area contributed by atoms with Crippen LogP contribution in [0, 0.1) is 17.2 Å². The molecule has 0 atom stereocenters. The number of rotatable bonds is 7. The standard InChI is InChI=1S/C15H19N3O2/c1-3-12(4-2)10-17-18-15(19)11-20-14-7-5-13(9-16)6-8-14/h5-8,10,12H,3-4,11H2,1-2H3,(H,18,19). The summed E-state index contributed by atoms with van der Waals surface area (Å²) in [6.45, 7) is 4.05. The maximum absolute atomic E-state index is 11.5. The fourth-order valence-electron chi connectivity index (χ4n) is 1.52. The van der Waals surface area contributed by atoms with Gasteiger partial charge >= 0.3 is 0 Å².